The highest BCUT2D eigenvalue weighted by Gasteiger charge is 2.34. The Bertz CT molecular complexity index is 1080. The SMILES string of the molecule is COC(=O)c1ccccc1S(=O)(=O)N1CCC(C(=O)NCCCOc2cccc(C)c2)CC1. The van der Waals surface area contributed by atoms with Gasteiger partial charge in [-0.15, -0.1) is 0 Å². The molecule has 0 unspecified atom stereocenters. The second-order valence-corrected chi connectivity index (χ2v) is 9.88. The molecular weight excluding hydrogens is 444 g/mol. The molecule has 0 spiro atoms. The van der Waals surface area contributed by atoms with Crippen LogP contribution < -0.4 is 10.1 Å². The number of hydrogen-bond acceptors (Lipinski definition) is 6. The van der Waals surface area contributed by atoms with Gasteiger partial charge < -0.3 is 14.8 Å². The van der Waals surface area contributed by atoms with Gasteiger partial charge in [-0.05, 0) is 56.0 Å². The Hall–Kier alpha value is -2.91. The van der Waals surface area contributed by atoms with E-state index in [2.05, 4.69) is 5.32 Å². The van der Waals surface area contributed by atoms with E-state index in [1.807, 2.05) is 31.2 Å². The Balaban J connectivity index is 1.46. The van der Waals surface area contributed by atoms with Crippen molar-refractivity contribution in [3.05, 3.63) is 59.7 Å². The molecule has 0 atom stereocenters. The number of nitrogens with zero attached hydrogens (tertiary/aromatic N) is 1. The van der Waals surface area contributed by atoms with Crippen molar-refractivity contribution in [3.8, 4) is 5.75 Å². The number of esters is 1. The Morgan fingerprint density at radius 3 is 2.52 bits per heavy atom. The third-order valence-corrected chi connectivity index (χ3v) is 7.57. The average molecular weight is 475 g/mol. The maximum atomic E-state index is 13.1. The summed E-state index contributed by atoms with van der Waals surface area (Å²) in [7, 11) is -2.65. The van der Waals surface area contributed by atoms with E-state index >= 15 is 0 Å². The number of hydrogen-bond donors (Lipinski definition) is 1. The lowest BCUT2D eigenvalue weighted by molar-refractivity contribution is -0.126. The molecule has 0 aromatic heterocycles. The Morgan fingerprint density at radius 1 is 1.09 bits per heavy atom. The highest BCUT2D eigenvalue weighted by molar-refractivity contribution is 7.89. The maximum absolute atomic E-state index is 13.1. The molecule has 2 aromatic rings. The highest BCUT2D eigenvalue weighted by atomic mass is 32.2. The van der Waals surface area contributed by atoms with Crippen molar-refractivity contribution in [2.75, 3.05) is 33.4 Å². The quantitative estimate of drug-likeness (QED) is 0.443. The average Bonchev–Trinajstić information content (AvgIpc) is 2.83. The van der Waals surface area contributed by atoms with Crippen LogP contribution in [-0.2, 0) is 19.6 Å². The summed E-state index contributed by atoms with van der Waals surface area (Å²) in [6, 6.07) is 13.8. The summed E-state index contributed by atoms with van der Waals surface area (Å²) >= 11 is 0. The van der Waals surface area contributed by atoms with E-state index in [4.69, 9.17) is 9.47 Å². The van der Waals surface area contributed by atoms with Gasteiger partial charge >= 0.3 is 5.97 Å². The summed E-state index contributed by atoms with van der Waals surface area (Å²) in [5, 5.41) is 2.92. The van der Waals surface area contributed by atoms with Gasteiger partial charge in [0, 0.05) is 25.6 Å². The largest absolute Gasteiger partial charge is 0.494 e. The molecule has 1 fully saturated rings. The molecule has 3 rings (SSSR count). The third kappa shape index (κ3) is 6.33. The zero-order valence-electron chi connectivity index (χ0n) is 19.0. The van der Waals surface area contributed by atoms with Crippen molar-refractivity contribution in [3.63, 3.8) is 0 Å². The van der Waals surface area contributed by atoms with Crippen molar-refractivity contribution in [2.45, 2.75) is 31.1 Å². The molecular formula is C24H30N2O6S. The molecule has 1 amide bonds. The maximum Gasteiger partial charge on any atom is 0.339 e. The zero-order valence-corrected chi connectivity index (χ0v) is 19.8. The van der Waals surface area contributed by atoms with Crippen molar-refractivity contribution in [2.24, 2.45) is 5.92 Å². The predicted octanol–water partition coefficient (Wildman–Crippen LogP) is 2.77. The van der Waals surface area contributed by atoms with Gasteiger partial charge in [-0.2, -0.15) is 4.31 Å². The number of methoxy groups -OCH3 is 1. The van der Waals surface area contributed by atoms with Gasteiger partial charge in [-0.1, -0.05) is 24.3 Å². The summed E-state index contributed by atoms with van der Waals surface area (Å²) in [4.78, 5) is 24.4. The fourth-order valence-electron chi connectivity index (χ4n) is 3.79. The summed E-state index contributed by atoms with van der Waals surface area (Å²) in [5.74, 6) is -0.207. The Labute approximate surface area is 194 Å². The smallest absolute Gasteiger partial charge is 0.339 e. The molecule has 1 saturated heterocycles. The lowest BCUT2D eigenvalue weighted by atomic mass is 9.97. The second kappa shape index (κ2) is 11.3. The number of nitrogens with one attached hydrogen (secondary N) is 1. The lowest BCUT2D eigenvalue weighted by Crippen LogP contribution is -2.43. The molecule has 9 heteroatoms. The van der Waals surface area contributed by atoms with Crippen molar-refractivity contribution in [1.82, 2.24) is 9.62 Å². The van der Waals surface area contributed by atoms with Crippen LogP contribution in [-0.4, -0.2) is 58.0 Å². The van der Waals surface area contributed by atoms with Gasteiger partial charge in [0.25, 0.3) is 0 Å². The first-order valence-electron chi connectivity index (χ1n) is 11.0. The van der Waals surface area contributed by atoms with Crippen molar-refractivity contribution >= 4 is 21.9 Å². The van der Waals surface area contributed by atoms with Crippen LogP contribution in [0.3, 0.4) is 0 Å². The van der Waals surface area contributed by atoms with E-state index < -0.39 is 16.0 Å². The van der Waals surface area contributed by atoms with E-state index in [1.165, 1.54) is 23.5 Å². The van der Waals surface area contributed by atoms with E-state index in [9.17, 15) is 18.0 Å². The first-order valence-corrected chi connectivity index (χ1v) is 12.4. The molecule has 0 saturated carbocycles. The van der Waals surface area contributed by atoms with Crippen LogP contribution in [0.2, 0.25) is 0 Å². The van der Waals surface area contributed by atoms with Crippen LogP contribution in [0.25, 0.3) is 0 Å². The molecule has 178 valence electrons. The first-order chi connectivity index (χ1) is 15.8. The normalized spacial score (nSPS) is 15.1. The molecule has 1 aliphatic rings. The summed E-state index contributed by atoms with van der Waals surface area (Å²) in [6.07, 6.45) is 1.52. The molecule has 2 aromatic carbocycles. The standard InChI is InChI=1S/C24H30N2O6S/c1-18-7-5-8-20(17-18)32-16-6-13-25-23(27)19-11-14-26(15-12-19)33(29,30)22-10-4-3-9-21(22)24(28)31-2/h3-5,7-10,17,19H,6,11-16H2,1-2H3,(H,25,27). The minimum atomic E-state index is -3.87. The Morgan fingerprint density at radius 2 is 1.82 bits per heavy atom. The molecule has 8 nitrogen and oxygen atoms in total. The van der Waals surface area contributed by atoms with Gasteiger partial charge in [-0.3, -0.25) is 4.79 Å². The second-order valence-electron chi connectivity index (χ2n) is 7.98. The molecule has 1 N–H and O–H groups in total. The summed E-state index contributed by atoms with van der Waals surface area (Å²) < 4.78 is 37.9. The highest BCUT2D eigenvalue weighted by Crippen LogP contribution is 2.26. The van der Waals surface area contributed by atoms with Gasteiger partial charge in [0.15, 0.2) is 0 Å². The predicted molar refractivity (Wildman–Crippen MR) is 124 cm³/mol. The van der Waals surface area contributed by atoms with Crippen LogP contribution in [0.15, 0.2) is 53.4 Å². The number of carbonyl (C=O) groups is 2. The van der Waals surface area contributed by atoms with Gasteiger partial charge in [0.05, 0.1) is 24.2 Å². The van der Waals surface area contributed by atoms with Gasteiger partial charge in [-0.25, -0.2) is 13.2 Å². The first kappa shape index (κ1) is 24.7. The van der Waals surface area contributed by atoms with Crippen molar-refractivity contribution < 1.29 is 27.5 Å². The van der Waals surface area contributed by atoms with E-state index in [0.717, 1.165) is 11.3 Å². The number of amides is 1. The van der Waals surface area contributed by atoms with Crippen LogP contribution in [0.1, 0.15) is 35.2 Å². The topological polar surface area (TPSA) is 102 Å². The lowest BCUT2D eigenvalue weighted by Gasteiger charge is -2.31. The summed E-state index contributed by atoms with van der Waals surface area (Å²) in [5.41, 5.74) is 1.13. The van der Waals surface area contributed by atoms with Crippen LogP contribution in [0, 0.1) is 12.8 Å². The van der Waals surface area contributed by atoms with Crippen molar-refractivity contribution in [1.29, 1.82) is 0 Å². The van der Waals surface area contributed by atoms with Crippen LogP contribution in [0.4, 0.5) is 0 Å². The van der Waals surface area contributed by atoms with E-state index in [0.29, 0.717) is 32.4 Å². The number of ether oxygens (including phenoxy) is 2. The van der Waals surface area contributed by atoms with Crippen LogP contribution >= 0.6 is 0 Å². The van der Waals surface area contributed by atoms with Gasteiger partial charge in [0.1, 0.15) is 5.75 Å². The number of aryl methyl sites for hydroxylation is 1. The van der Waals surface area contributed by atoms with E-state index in [1.54, 1.807) is 12.1 Å². The summed E-state index contributed by atoms with van der Waals surface area (Å²) in [6.45, 7) is 3.43. The number of sulfonamides is 1. The number of piperidine rings is 1. The molecule has 0 radical (unpaired) electrons. The third-order valence-electron chi connectivity index (χ3n) is 5.61. The Kier molecular flexibility index (Phi) is 8.46. The van der Waals surface area contributed by atoms with Crippen LogP contribution in [0.5, 0.6) is 5.75 Å². The molecule has 1 aliphatic heterocycles. The van der Waals surface area contributed by atoms with Gasteiger partial charge in [0.2, 0.25) is 15.9 Å². The fraction of sp³-hybridized carbons (Fsp3) is 0.417. The number of rotatable bonds is 9. The molecule has 0 bridgehead atoms. The zero-order chi connectivity index (χ0) is 23.8. The number of carbonyl (C=O) groups excluding carboxylic acids is 2. The molecule has 1 heterocycles. The van der Waals surface area contributed by atoms with E-state index in [-0.39, 0.29) is 35.4 Å². The molecule has 33 heavy (non-hydrogen) atoms. The fourth-order valence-corrected chi connectivity index (χ4v) is 5.44. The minimum absolute atomic E-state index is 0.00717. The molecule has 0 aliphatic carbocycles. The number of benzene rings is 2. The minimum Gasteiger partial charge on any atom is -0.494 e. The monoisotopic (exact) mass is 474 g/mol.